The van der Waals surface area contributed by atoms with Crippen molar-refractivity contribution in [1.82, 2.24) is 10.2 Å². The summed E-state index contributed by atoms with van der Waals surface area (Å²) in [6.07, 6.45) is 0. The lowest BCUT2D eigenvalue weighted by Crippen LogP contribution is -2.44. The molecule has 0 saturated carbocycles. The van der Waals surface area contributed by atoms with E-state index in [0.717, 1.165) is 31.9 Å². The summed E-state index contributed by atoms with van der Waals surface area (Å²) in [5, 5.41) is 7.47. The molecule has 3 rings (SSSR count). The van der Waals surface area contributed by atoms with Crippen LogP contribution in [0.25, 0.3) is 0 Å². The molecule has 1 saturated heterocycles. The zero-order valence-corrected chi connectivity index (χ0v) is 17.2. The smallest absolute Gasteiger partial charge is 0.171 e. The number of nitrogens with zero attached hydrogens (tertiary/aromatic N) is 2. The summed E-state index contributed by atoms with van der Waals surface area (Å²) in [7, 11) is 3.76. The minimum Gasteiger partial charge on any atom is -0.495 e. The van der Waals surface area contributed by atoms with Gasteiger partial charge in [-0.2, -0.15) is 0 Å². The average molecular weight is 405 g/mol. The van der Waals surface area contributed by atoms with Crippen LogP contribution >= 0.6 is 23.8 Å². The summed E-state index contributed by atoms with van der Waals surface area (Å²) in [4.78, 5) is 4.79. The summed E-state index contributed by atoms with van der Waals surface area (Å²) >= 11 is 11.5. The Morgan fingerprint density at radius 1 is 1.11 bits per heavy atom. The number of likely N-dealkylation sites (N-methyl/N-ethyl adjacent to an activating group) is 1. The van der Waals surface area contributed by atoms with Crippen LogP contribution in [-0.2, 0) is 6.54 Å². The first-order chi connectivity index (χ1) is 13.0. The zero-order chi connectivity index (χ0) is 19.2. The van der Waals surface area contributed by atoms with Crippen LogP contribution in [0, 0.1) is 0 Å². The number of anilines is 2. The van der Waals surface area contributed by atoms with Gasteiger partial charge in [-0.05, 0) is 55.2 Å². The van der Waals surface area contributed by atoms with Crippen LogP contribution in [0.3, 0.4) is 0 Å². The lowest BCUT2D eigenvalue weighted by atomic mass is 10.2. The van der Waals surface area contributed by atoms with Gasteiger partial charge >= 0.3 is 0 Å². The first-order valence-corrected chi connectivity index (χ1v) is 9.74. The Morgan fingerprint density at radius 2 is 1.81 bits per heavy atom. The highest BCUT2D eigenvalue weighted by Crippen LogP contribution is 2.27. The van der Waals surface area contributed by atoms with E-state index >= 15 is 0 Å². The third-order valence-corrected chi connectivity index (χ3v) is 5.21. The topological polar surface area (TPSA) is 39.8 Å². The van der Waals surface area contributed by atoms with Crippen LogP contribution < -0.4 is 20.3 Å². The molecule has 7 heteroatoms. The minimum atomic E-state index is 0.546. The van der Waals surface area contributed by atoms with Crippen molar-refractivity contribution >= 4 is 40.3 Å². The van der Waals surface area contributed by atoms with Gasteiger partial charge in [0.1, 0.15) is 5.75 Å². The Kier molecular flexibility index (Phi) is 6.77. The molecule has 0 aromatic heterocycles. The molecule has 1 aliphatic rings. The SMILES string of the molecule is COc1ccc(NC(=S)NCc2ccc(N3CCN(C)CC3)cc2)cc1Cl. The number of hydrogen-bond acceptors (Lipinski definition) is 4. The van der Waals surface area contributed by atoms with Crippen LogP contribution in [0.5, 0.6) is 5.75 Å². The number of hydrogen-bond donors (Lipinski definition) is 2. The third-order valence-electron chi connectivity index (χ3n) is 4.67. The van der Waals surface area contributed by atoms with Gasteiger partial charge in [-0.25, -0.2) is 0 Å². The van der Waals surface area contributed by atoms with Gasteiger partial charge in [-0.1, -0.05) is 23.7 Å². The highest BCUT2D eigenvalue weighted by Gasteiger charge is 2.13. The Hall–Kier alpha value is -2.02. The molecule has 27 heavy (non-hydrogen) atoms. The molecule has 2 aromatic rings. The summed E-state index contributed by atoms with van der Waals surface area (Å²) < 4.78 is 5.15. The fraction of sp³-hybridized carbons (Fsp3) is 0.350. The highest BCUT2D eigenvalue weighted by atomic mass is 35.5. The Labute approximate surface area is 171 Å². The predicted molar refractivity (Wildman–Crippen MR) is 117 cm³/mol. The minimum absolute atomic E-state index is 0.546. The third kappa shape index (κ3) is 5.48. The number of halogens is 1. The molecule has 0 aliphatic carbocycles. The number of benzene rings is 2. The van der Waals surface area contributed by atoms with Crippen LogP contribution in [0.4, 0.5) is 11.4 Å². The quantitative estimate of drug-likeness (QED) is 0.742. The number of thiocarbonyl (C=S) groups is 1. The molecule has 0 unspecified atom stereocenters. The monoisotopic (exact) mass is 404 g/mol. The standard InChI is InChI=1S/C20H25ClN4OS/c1-24-9-11-25(12-10-24)17-6-3-15(4-7-17)14-22-20(27)23-16-5-8-19(26-2)18(21)13-16/h3-8,13H,9-12,14H2,1-2H3,(H2,22,23,27). The van der Waals surface area contributed by atoms with Crippen LogP contribution in [0.15, 0.2) is 42.5 Å². The van der Waals surface area contributed by atoms with E-state index in [1.807, 2.05) is 12.1 Å². The van der Waals surface area contributed by atoms with Gasteiger partial charge < -0.3 is 25.2 Å². The van der Waals surface area contributed by atoms with Crippen molar-refractivity contribution in [2.24, 2.45) is 0 Å². The number of ether oxygens (including phenoxy) is 1. The first-order valence-electron chi connectivity index (χ1n) is 8.96. The van der Waals surface area contributed by atoms with Crippen LogP contribution in [0.2, 0.25) is 5.02 Å². The first kappa shape index (κ1) is 19.7. The van der Waals surface area contributed by atoms with E-state index in [-0.39, 0.29) is 0 Å². The molecule has 1 heterocycles. The van der Waals surface area contributed by atoms with E-state index in [1.165, 1.54) is 11.3 Å². The summed E-state index contributed by atoms with van der Waals surface area (Å²) in [5.41, 5.74) is 3.29. The van der Waals surface area contributed by atoms with Crippen molar-refractivity contribution in [2.45, 2.75) is 6.54 Å². The fourth-order valence-electron chi connectivity index (χ4n) is 2.99. The lowest BCUT2D eigenvalue weighted by Gasteiger charge is -2.34. The number of rotatable bonds is 5. The summed E-state index contributed by atoms with van der Waals surface area (Å²) in [6.45, 7) is 5.04. The zero-order valence-electron chi connectivity index (χ0n) is 15.7. The lowest BCUT2D eigenvalue weighted by molar-refractivity contribution is 0.313. The van der Waals surface area contributed by atoms with Gasteiger partial charge in [-0.15, -0.1) is 0 Å². The molecule has 0 amide bonds. The maximum absolute atomic E-state index is 6.14. The van der Waals surface area contributed by atoms with Crippen molar-refractivity contribution in [2.75, 3.05) is 50.6 Å². The Morgan fingerprint density at radius 3 is 2.44 bits per heavy atom. The molecule has 5 nitrogen and oxygen atoms in total. The van der Waals surface area contributed by atoms with Crippen molar-refractivity contribution in [3.05, 3.63) is 53.1 Å². The number of nitrogens with one attached hydrogen (secondary N) is 2. The second kappa shape index (κ2) is 9.26. The molecule has 2 aromatic carbocycles. The summed E-state index contributed by atoms with van der Waals surface area (Å²) in [6, 6.07) is 14.1. The van der Waals surface area contributed by atoms with Crippen molar-refractivity contribution in [1.29, 1.82) is 0 Å². The molecule has 0 radical (unpaired) electrons. The molecule has 1 fully saturated rings. The molecule has 144 valence electrons. The Bertz CT molecular complexity index is 776. The van der Waals surface area contributed by atoms with E-state index in [1.54, 1.807) is 13.2 Å². The van der Waals surface area contributed by atoms with E-state index in [4.69, 9.17) is 28.6 Å². The predicted octanol–water partition coefficient (Wildman–Crippen LogP) is 3.59. The number of methoxy groups -OCH3 is 1. The highest BCUT2D eigenvalue weighted by molar-refractivity contribution is 7.80. The fourth-order valence-corrected chi connectivity index (χ4v) is 3.44. The largest absolute Gasteiger partial charge is 0.495 e. The Balaban J connectivity index is 1.49. The van der Waals surface area contributed by atoms with Crippen LogP contribution in [-0.4, -0.2) is 50.3 Å². The summed E-state index contributed by atoms with van der Waals surface area (Å²) in [5.74, 6) is 0.640. The molecule has 0 bridgehead atoms. The van der Waals surface area contributed by atoms with Crippen LogP contribution in [0.1, 0.15) is 5.56 Å². The molecule has 2 N–H and O–H groups in total. The van der Waals surface area contributed by atoms with Crippen molar-refractivity contribution < 1.29 is 4.74 Å². The van der Waals surface area contributed by atoms with Gasteiger partial charge in [0.25, 0.3) is 0 Å². The van der Waals surface area contributed by atoms with Gasteiger partial charge in [0.05, 0.1) is 12.1 Å². The van der Waals surface area contributed by atoms with E-state index in [0.29, 0.717) is 22.4 Å². The van der Waals surface area contributed by atoms with Gasteiger partial charge in [-0.3, -0.25) is 0 Å². The molecular formula is C20H25ClN4OS. The van der Waals surface area contributed by atoms with E-state index in [9.17, 15) is 0 Å². The molecule has 1 aliphatic heterocycles. The molecule has 0 atom stereocenters. The van der Waals surface area contributed by atoms with Gasteiger partial charge in [0.2, 0.25) is 0 Å². The van der Waals surface area contributed by atoms with Crippen molar-refractivity contribution in [3.63, 3.8) is 0 Å². The second-order valence-corrected chi connectivity index (χ2v) is 7.43. The van der Waals surface area contributed by atoms with E-state index < -0.39 is 0 Å². The van der Waals surface area contributed by atoms with Crippen molar-refractivity contribution in [3.8, 4) is 5.75 Å². The maximum Gasteiger partial charge on any atom is 0.171 e. The normalized spacial score (nSPS) is 14.7. The van der Waals surface area contributed by atoms with Gasteiger partial charge in [0, 0.05) is 44.1 Å². The maximum atomic E-state index is 6.14. The van der Waals surface area contributed by atoms with Gasteiger partial charge in [0.15, 0.2) is 5.11 Å². The molecular weight excluding hydrogens is 380 g/mol. The number of piperazine rings is 1. The second-order valence-electron chi connectivity index (χ2n) is 6.61. The molecule has 0 spiro atoms. The van der Waals surface area contributed by atoms with E-state index in [2.05, 4.69) is 51.7 Å². The average Bonchev–Trinajstić information content (AvgIpc) is 2.68.